The lowest BCUT2D eigenvalue weighted by Crippen LogP contribution is -2.47. The second kappa shape index (κ2) is 12.1. The number of nitrogen functional groups attached to an aromatic ring is 1. The number of aryl methyl sites for hydroxylation is 1. The van der Waals surface area contributed by atoms with Crippen molar-refractivity contribution in [2.45, 2.75) is 64.4 Å². The number of benzene rings is 3. The molecule has 1 aliphatic rings. The first kappa shape index (κ1) is 29.7. The molecule has 9 heteroatoms. The van der Waals surface area contributed by atoms with Gasteiger partial charge in [0.15, 0.2) is 5.75 Å². The van der Waals surface area contributed by atoms with E-state index in [-0.39, 0.29) is 11.8 Å². The summed E-state index contributed by atoms with van der Waals surface area (Å²) < 4.78 is 21.4. The van der Waals surface area contributed by atoms with Gasteiger partial charge < -0.3 is 25.3 Å². The number of carbonyl (C=O) groups is 1. The minimum absolute atomic E-state index is 0.109. The van der Waals surface area contributed by atoms with Crippen molar-refractivity contribution in [2.75, 3.05) is 30.4 Å². The maximum atomic E-state index is 13.5. The van der Waals surface area contributed by atoms with Crippen LogP contribution in [0.2, 0.25) is 0 Å². The van der Waals surface area contributed by atoms with Crippen LogP contribution in [0.3, 0.4) is 0 Å². The maximum absolute atomic E-state index is 13.5. The van der Waals surface area contributed by atoms with Gasteiger partial charge in [-0.05, 0) is 80.6 Å². The van der Waals surface area contributed by atoms with Gasteiger partial charge in [-0.15, -0.1) is 4.31 Å². The molecule has 4 rings (SSSR count). The lowest BCUT2D eigenvalue weighted by atomic mass is 9.74. The Morgan fingerprint density at radius 1 is 1.20 bits per heavy atom. The summed E-state index contributed by atoms with van der Waals surface area (Å²) in [5.41, 5.74) is 12.5. The number of hydrazine groups is 1. The molecule has 0 saturated heterocycles. The molecule has 8 nitrogen and oxygen atoms in total. The van der Waals surface area contributed by atoms with Crippen molar-refractivity contribution in [3.05, 3.63) is 82.4 Å². The summed E-state index contributed by atoms with van der Waals surface area (Å²) in [5, 5.41) is 4.79. The Labute approximate surface area is 241 Å². The summed E-state index contributed by atoms with van der Waals surface area (Å²) in [6.45, 7) is 13.7. The monoisotopic (exact) mass is 563 g/mol. The predicted molar refractivity (Wildman–Crippen MR) is 162 cm³/mol. The number of rotatable bonds is 8. The normalized spacial score (nSPS) is 16.4. The standard InChI is InChI=1S/C31H41N5O3S/c1-7-36(33)26-15-14-25(21(3)30(26)32)29(31(5,6)34-22(4)37)23-13-12-20(2)24(18-23)19-35-16-17-39-27-10-8-9-11-28(27)40(35)38/h8-15,18,29H,7,16-17,19,32-33H2,1-6H3,(H,34,37). The number of ether oxygens (including phenoxy) is 1. The second-order valence-corrected chi connectivity index (χ2v) is 12.4. The smallest absolute Gasteiger partial charge is 0.217 e. The number of anilines is 2. The first-order valence-electron chi connectivity index (χ1n) is 13.6. The van der Waals surface area contributed by atoms with Crippen LogP contribution < -0.4 is 26.6 Å². The Hall–Kier alpha value is -3.24. The Balaban J connectivity index is 1.77. The van der Waals surface area contributed by atoms with Gasteiger partial charge in [0.05, 0.1) is 35.8 Å². The molecule has 0 saturated carbocycles. The zero-order valence-electron chi connectivity index (χ0n) is 24.3. The summed E-state index contributed by atoms with van der Waals surface area (Å²) in [7, 11) is 0. The second-order valence-electron chi connectivity index (χ2n) is 10.9. The van der Waals surface area contributed by atoms with Gasteiger partial charge in [-0.25, -0.2) is 5.84 Å². The molecule has 0 bridgehead atoms. The van der Waals surface area contributed by atoms with Crippen LogP contribution in [0.1, 0.15) is 61.4 Å². The molecule has 3 aromatic carbocycles. The van der Waals surface area contributed by atoms with Crippen molar-refractivity contribution in [2.24, 2.45) is 5.84 Å². The van der Waals surface area contributed by atoms with E-state index in [0.29, 0.717) is 42.6 Å². The molecule has 0 spiro atoms. The van der Waals surface area contributed by atoms with E-state index in [1.807, 2.05) is 62.3 Å². The quantitative estimate of drug-likeness (QED) is 0.159. The Kier molecular flexibility index (Phi) is 8.99. The number of para-hydroxylation sites is 1. The number of amides is 1. The number of carbonyl (C=O) groups excluding carboxylic acids is 1. The number of nitrogens with one attached hydrogen (secondary N) is 1. The fourth-order valence-corrected chi connectivity index (χ4v) is 6.81. The molecule has 1 amide bonds. The van der Waals surface area contributed by atoms with Crippen molar-refractivity contribution in [3.63, 3.8) is 0 Å². The summed E-state index contributed by atoms with van der Waals surface area (Å²) in [6.07, 6.45) is 0. The summed E-state index contributed by atoms with van der Waals surface area (Å²) in [5.74, 6) is 6.54. The molecule has 3 aromatic rings. The molecule has 0 radical (unpaired) electrons. The Morgan fingerprint density at radius 3 is 2.62 bits per heavy atom. The van der Waals surface area contributed by atoms with Gasteiger partial charge in [-0.3, -0.25) is 4.79 Å². The van der Waals surface area contributed by atoms with Crippen LogP contribution in [0.25, 0.3) is 0 Å². The molecular formula is C31H41N5O3S. The molecule has 1 heterocycles. The molecule has 1 aliphatic heterocycles. The third kappa shape index (κ3) is 6.07. The van der Waals surface area contributed by atoms with Gasteiger partial charge in [-0.2, -0.15) is 0 Å². The van der Waals surface area contributed by atoms with Gasteiger partial charge >= 0.3 is 0 Å². The lowest BCUT2D eigenvalue weighted by molar-refractivity contribution is -0.120. The van der Waals surface area contributed by atoms with E-state index in [1.54, 1.807) is 5.01 Å². The highest BCUT2D eigenvalue weighted by molar-refractivity contribution is 7.89. The van der Waals surface area contributed by atoms with Crippen molar-refractivity contribution >= 4 is 28.6 Å². The lowest BCUT2D eigenvalue weighted by Gasteiger charge is -2.37. The highest BCUT2D eigenvalue weighted by Crippen LogP contribution is 2.41. The van der Waals surface area contributed by atoms with Crippen LogP contribution in [-0.2, 0) is 22.7 Å². The third-order valence-electron chi connectivity index (χ3n) is 7.64. The highest BCUT2D eigenvalue weighted by atomic mass is 32.2. The number of hydrogen-bond acceptors (Lipinski definition) is 7. The Bertz CT molecular complexity index is 1380. The average molecular weight is 564 g/mol. The van der Waals surface area contributed by atoms with E-state index in [9.17, 15) is 9.35 Å². The van der Waals surface area contributed by atoms with Crippen molar-refractivity contribution < 1.29 is 14.1 Å². The first-order chi connectivity index (χ1) is 18.9. The van der Waals surface area contributed by atoms with E-state index in [2.05, 4.69) is 36.5 Å². The van der Waals surface area contributed by atoms with Gasteiger partial charge in [-0.1, -0.05) is 36.4 Å². The SMILES string of the molecule is CCN(N)c1ccc(C(c2ccc(C)c(CN3CCOc4ccccc4[S+]3[O-])c2)C(C)(C)NC(C)=O)c(C)c1N. The van der Waals surface area contributed by atoms with Crippen molar-refractivity contribution in [1.29, 1.82) is 0 Å². The van der Waals surface area contributed by atoms with E-state index in [0.717, 1.165) is 33.5 Å². The van der Waals surface area contributed by atoms with E-state index >= 15 is 0 Å². The van der Waals surface area contributed by atoms with Gasteiger partial charge in [0, 0.05) is 24.9 Å². The molecular weight excluding hydrogens is 522 g/mol. The van der Waals surface area contributed by atoms with Crippen LogP contribution in [-0.4, -0.2) is 40.0 Å². The van der Waals surface area contributed by atoms with Crippen LogP contribution in [0.15, 0.2) is 59.5 Å². The Morgan fingerprint density at radius 2 is 1.93 bits per heavy atom. The number of nitrogens with two attached hydrogens (primary N) is 2. The van der Waals surface area contributed by atoms with Crippen molar-refractivity contribution in [1.82, 2.24) is 9.62 Å². The summed E-state index contributed by atoms with van der Waals surface area (Å²) >= 11 is -1.35. The zero-order chi connectivity index (χ0) is 29.2. The van der Waals surface area contributed by atoms with Gasteiger partial charge in [0.2, 0.25) is 10.8 Å². The predicted octanol–water partition coefficient (Wildman–Crippen LogP) is 4.55. The van der Waals surface area contributed by atoms with Crippen LogP contribution in [0.4, 0.5) is 11.4 Å². The average Bonchev–Trinajstić information content (AvgIpc) is 3.06. The van der Waals surface area contributed by atoms with Crippen LogP contribution in [0, 0.1) is 13.8 Å². The molecule has 5 N–H and O–H groups in total. The minimum Gasteiger partial charge on any atom is -0.593 e. The van der Waals surface area contributed by atoms with Crippen molar-refractivity contribution in [3.8, 4) is 5.75 Å². The number of nitrogens with zero attached hydrogens (tertiary/aromatic N) is 2. The molecule has 40 heavy (non-hydrogen) atoms. The molecule has 0 fully saturated rings. The topological polar surface area (TPSA) is 120 Å². The summed E-state index contributed by atoms with van der Waals surface area (Å²) in [6, 6.07) is 17.9. The maximum Gasteiger partial charge on any atom is 0.217 e. The molecule has 0 aliphatic carbocycles. The number of fused-ring (bicyclic) bond motifs is 1. The molecule has 2 atom stereocenters. The van der Waals surface area contributed by atoms with Crippen LogP contribution in [0.5, 0.6) is 5.75 Å². The molecule has 214 valence electrons. The highest BCUT2D eigenvalue weighted by Gasteiger charge is 2.36. The summed E-state index contributed by atoms with van der Waals surface area (Å²) in [4.78, 5) is 13.0. The minimum atomic E-state index is -1.35. The largest absolute Gasteiger partial charge is 0.593 e. The van der Waals surface area contributed by atoms with E-state index in [1.165, 1.54) is 6.92 Å². The van der Waals surface area contributed by atoms with E-state index in [4.69, 9.17) is 16.3 Å². The van der Waals surface area contributed by atoms with Crippen LogP contribution >= 0.6 is 0 Å². The zero-order valence-corrected chi connectivity index (χ0v) is 25.1. The van der Waals surface area contributed by atoms with Gasteiger partial charge in [0.25, 0.3) is 0 Å². The van der Waals surface area contributed by atoms with E-state index < -0.39 is 16.9 Å². The molecule has 0 aromatic heterocycles. The van der Waals surface area contributed by atoms with Gasteiger partial charge in [0.1, 0.15) is 6.61 Å². The fourth-order valence-electron chi connectivity index (χ4n) is 5.54. The number of hydrogen-bond donors (Lipinski definition) is 3. The third-order valence-corrected chi connectivity index (χ3v) is 9.13. The first-order valence-corrected chi connectivity index (χ1v) is 14.7. The molecule has 2 unspecified atom stereocenters. The fraction of sp³-hybridized carbons (Fsp3) is 0.387.